The first-order valence-electron chi connectivity index (χ1n) is 5.22. The fourth-order valence-electron chi connectivity index (χ4n) is 3.03. The predicted octanol–water partition coefficient (Wildman–Crippen LogP) is 2.35. The van der Waals surface area contributed by atoms with E-state index >= 15 is 0 Å². The van der Waals surface area contributed by atoms with Crippen molar-refractivity contribution in [2.24, 2.45) is 0 Å². The number of hydrogen-bond donors (Lipinski definition) is 2. The van der Waals surface area contributed by atoms with Crippen LogP contribution in [0.1, 0.15) is 37.8 Å². The summed E-state index contributed by atoms with van der Waals surface area (Å²) < 4.78 is 5.98. The topological polar surface area (TPSA) is 49.7 Å². The van der Waals surface area contributed by atoms with E-state index in [1.54, 1.807) is 6.07 Å². The van der Waals surface area contributed by atoms with Crippen LogP contribution in [0.5, 0.6) is 11.5 Å². The lowest BCUT2D eigenvalue weighted by Crippen LogP contribution is -2.17. The summed E-state index contributed by atoms with van der Waals surface area (Å²) in [4.78, 5) is 0. The normalized spacial score (nSPS) is 36.9. The Bertz CT molecular complexity index is 454. The molecular formula is C12H14O3. The molecule has 2 N–H and O–H groups in total. The Morgan fingerprint density at radius 2 is 1.80 bits per heavy atom. The van der Waals surface area contributed by atoms with E-state index in [0.717, 1.165) is 24.0 Å². The highest BCUT2D eigenvalue weighted by molar-refractivity contribution is 5.54. The number of hydrogen-bond acceptors (Lipinski definition) is 3. The van der Waals surface area contributed by atoms with Gasteiger partial charge in [0.15, 0.2) is 0 Å². The second-order valence-corrected chi connectivity index (χ2v) is 4.95. The van der Waals surface area contributed by atoms with Crippen LogP contribution in [0.25, 0.3) is 0 Å². The Kier molecular flexibility index (Phi) is 1.38. The van der Waals surface area contributed by atoms with Crippen LogP contribution in [0.3, 0.4) is 0 Å². The first kappa shape index (κ1) is 9.04. The lowest BCUT2D eigenvalue weighted by atomic mass is 9.78. The van der Waals surface area contributed by atoms with Crippen molar-refractivity contribution in [3.8, 4) is 11.5 Å². The van der Waals surface area contributed by atoms with Crippen molar-refractivity contribution in [2.45, 2.75) is 37.9 Å². The molecule has 0 saturated carbocycles. The van der Waals surface area contributed by atoms with Gasteiger partial charge in [0.05, 0.1) is 11.2 Å². The molecule has 1 fully saturated rings. The van der Waals surface area contributed by atoms with E-state index in [1.165, 1.54) is 6.07 Å². The summed E-state index contributed by atoms with van der Waals surface area (Å²) in [6.07, 6.45) is 1.87. The van der Waals surface area contributed by atoms with Gasteiger partial charge in [-0.05, 0) is 38.3 Å². The fraction of sp³-hybridized carbons (Fsp3) is 0.500. The Hall–Kier alpha value is -1.22. The lowest BCUT2D eigenvalue weighted by Gasteiger charge is -2.23. The summed E-state index contributed by atoms with van der Waals surface area (Å²) in [5.41, 5.74) is 1.09. The second-order valence-electron chi connectivity index (χ2n) is 4.95. The molecule has 1 aromatic rings. The van der Waals surface area contributed by atoms with Gasteiger partial charge in [0.1, 0.15) is 11.5 Å². The molecule has 1 aromatic carbocycles. The molecule has 3 nitrogen and oxygen atoms in total. The van der Waals surface area contributed by atoms with E-state index in [-0.39, 0.29) is 22.7 Å². The van der Waals surface area contributed by atoms with Gasteiger partial charge in [-0.3, -0.25) is 0 Å². The third-order valence-electron chi connectivity index (χ3n) is 3.73. The highest BCUT2D eigenvalue weighted by atomic mass is 16.5. The van der Waals surface area contributed by atoms with Gasteiger partial charge in [-0.2, -0.15) is 0 Å². The van der Waals surface area contributed by atoms with Crippen molar-refractivity contribution in [3.05, 3.63) is 23.3 Å². The number of ether oxygens (including phenoxy) is 1. The van der Waals surface area contributed by atoms with Crippen LogP contribution in [0.15, 0.2) is 12.1 Å². The third kappa shape index (κ3) is 0.939. The summed E-state index contributed by atoms with van der Waals surface area (Å²) in [7, 11) is 0. The van der Waals surface area contributed by atoms with Crippen molar-refractivity contribution in [2.75, 3.05) is 0 Å². The number of fused-ring (bicyclic) bond motifs is 5. The van der Waals surface area contributed by atoms with Gasteiger partial charge in [-0.1, -0.05) is 0 Å². The molecule has 2 aliphatic rings. The molecule has 2 atom stereocenters. The van der Waals surface area contributed by atoms with E-state index in [0.29, 0.717) is 0 Å². The van der Waals surface area contributed by atoms with Crippen molar-refractivity contribution in [3.63, 3.8) is 0 Å². The minimum Gasteiger partial charge on any atom is -0.508 e. The largest absolute Gasteiger partial charge is 0.508 e. The lowest BCUT2D eigenvalue weighted by molar-refractivity contribution is -0.0666. The van der Waals surface area contributed by atoms with Crippen LogP contribution in [0, 0.1) is 0 Å². The van der Waals surface area contributed by atoms with E-state index < -0.39 is 0 Å². The third-order valence-corrected chi connectivity index (χ3v) is 3.73. The molecule has 0 aliphatic carbocycles. The Morgan fingerprint density at radius 1 is 1.13 bits per heavy atom. The Balaban J connectivity index is 2.34. The minimum atomic E-state index is -0.373. The minimum absolute atomic E-state index is 0.104. The first-order valence-corrected chi connectivity index (χ1v) is 5.22. The molecule has 0 aromatic heterocycles. The molecule has 0 spiro atoms. The number of benzene rings is 1. The first-order chi connectivity index (χ1) is 6.95. The van der Waals surface area contributed by atoms with Gasteiger partial charge >= 0.3 is 0 Å². The smallest absolute Gasteiger partial charge is 0.125 e. The molecule has 15 heavy (non-hydrogen) atoms. The van der Waals surface area contributed by atoms with Gasteiger partial charge < -0.3 is 14.9 Å². The van der Waals surface area contributed by atoms with E-state index in [2.05, 4.69) is 0 Å². The van der Waals surface area contributed by atoms with Crippen LogP contribution in [0.4, 0.5) is 0 Å². The molecule has 0 unspecified atom stereocenters. The monoisotopic (exact) mass is 206 g/mol. The molecule has 2 bridgehead atoms. The molecule has 3 rings (SSSR count). The van der Waals surface area contributed by atoms with E-state index in [1.807, 2.05) is 13.8 Å². The molecular weight excluding hydrogens is 192 g/mol. The number of phenols is 2. The van der Waals surface area contributed by atoms with Gasteiger partial charge in [0.25, 0.3) is 0 Å². The zero-order valence-corrected chi connectivity index (χ0v) is 8.87. The quantitative estimate of drug-likeness (QED) is 0.685. The maximum Gasteiger partial charge on any atom is 0.125 e. The maximum atomic E-state index is 9.87. The standard InChI is InChI=1S/C12H14O3/c1-11-3-4-12(2,15-11)10-8(11)5-7(13)6-9(10)14/h5-6,13-14H,3-4H2,1-2H3/t11-,12+/m1/s1. The molecule has 3 heteroatoms. The average molecular weight is 206 g/mol. The summed E-state index contributed by atoms with van der Waals surface area (Å²) in [6, 6.07) is 3.09. The van der Waals surface area contributed by atoms with Crippen molar-refractivity contribution >= 4 is 0 Å². The summed E-state index contributed by atoms with van der Waals surface area (Å²) in [5, 5.41) is 19.4. The summed E-state index contributed by atoms with van der Waals surface area (Å²) in [5.74, 6) is 0.253. The zero-order valence-electron chi connectivity index (χ0n) is 8.87. The van der Waals surface area contributed by atoms with Gasteiger partial charge in [0, 0.05) is 11.6 Å². The molecule has 2 aliphatic heterocycles. The molecule has 2 heterocycles. The molecule has 0 amide bonds. The van der Waals surface area contributed by atoms with Crippen LogP contribution in [0.2, 0.25) is 0 Å². The number of rotatable bonds is 0. The zero-order chi connectivity index (χ0) is 10.8. The van der Waals surface area contributed by atoms with Gasteiger partial charge in [0.2, 0.25) is 0 Å². The predicted molar refractivity (Wildman–Crippen MR) is 54.8 cm³/mol. The number of phenolic OH excluding ortho intramolecular Hbond substituents is 2. The fourth-order valence-corrected chi connectivity index (χ4v) is 3.03. The van der Waals surface area contributed by atoms with E-state index in [4.69, 9.17) is 4.74 Å². The molecule has 80 valence electrons. The molecule has 1 saturated heterocycles. The molecule has 0 radical (unpaired) electrons. The highest BCUT2D eigenvalue weighted by Crippen LogP contribution is 2.60. The second kappa shape index (κ2) is 2.30. The highest BCUT2D eigenvalue weighted by Gasteiger charge is 2.55. The van der Waals surface area contributed by atoms with Crippen molar-refractivity contribution < 1.29 is 14.9 Å². The summed E-state index contributed by atoms with van der Waals surface area (Å²) in [6.45, 7) is 4.02. The van der Waals surface area contributed by atoms with Crippen LogP contribution < -0.4 is 0 Å². The Morgan fingerprint density at radius 3 is 2.53 bits per heavy atom. The van der Waals surface area contributed by atoms with Gasteiger partial charge in [-0.25, -0.2) is 0 Å². The maximum absolute atomic E-state index is 9.87. The number of aromatic hydroxyl groups is 2. The van der Waals surface area contributed by atoms with E-state index in [9.17, 15) is 10.2 Å². The summed E-state index contributed by atoms with van der Waals surface area (Å²) >= 11 is 0. The van der Waals surface area contributed by atoms with Crippen LogP contribution in [-0.4, -0.2) is 10.2 Å². The van der Waals surface area contributed by atoms with Crippen molar-refractivity contribution in [1.29, 1.82) is 0 Å². The van der Waals surface area contributed by atoms with Crippen LogP contribution in [-0.2, 0) is 15.9 Å². The van der Waals surface area contributed by atoms with Gasteiger partial charge in [-0.15, -0.1) is 0 Å². The van der Waals surface area contributed by atoms with Crippen molar-refractivity contribution in [1.82, 2.24) is 0 Å². The average Bonchev–Trinajstić information content (AvgIpc) is 2.52. The SMILES string of the molecule is C[C@]12CC[C@](C)(O1)c1c(O)cc(O)cc12. The Labute approximate surface area is 88.3 Å². The van der Waals surface area contributed by atoms with Crippen LogP contribution >= 0.6 is 0 Å².